The molecule has 2 aromatic carbocycles. The first kappa shape index (κ1) is 25.4. The molecule has 4 N–H and O–H groups in total. The van der Waals surface area contributed by atoms with Crippen LogP contribution in [0.2, 0.25) is 0 Å². The van der Waals surface area contributed by atoms with E-state index in [-0.39, 0.29) is 17.5 Å². The monoisotopic (exact) mass is 554 g/mol. The van der Waals surface area contributed by atoms with E-state index in [1.54, 1.807) is 0 Å². The maximum Gasteiger partial charge on any atom is 0.123 e. The summed E-state index contributed by atoms with van der Waals surface area (Å²) in [6.07, 6.45) is 10.4. The molecule has 8 heteroatoms. The number of halogens is 2. The minimum absolute atomic E-state index is 0.0493. The quantitative estimate of drug-likeness (QED) is 0.223. The van der Waals surface area contributed by atoms with Crippen molar-refractivity contribution in [2.24, 2.45) is 0 Å². The van der Waals surface area contributed by atoms with Gasteiger partial charge in [0.05, 0.1) is 35.9 Å². The summed E-state index contributed by atoms with van der Waals surface area (Å²) in [5.41, 5.74) is 10.1. The van der Waals surface area contributed by atoms with Crippen LogP contribution in [0.15, 0.2) is 48.8 Å². The van der Waals surface area contributed by atoms with Crippen LogP contribution in [0.5, 0.6) is 0 Å². The zero-order valence-electron chi connectivity index (χ0n) is 23.1. The summed E-state index contributed by atoms with van der Waals surface area (Å²) in [5.74, 6) is 1.63. The number of nitrogens with zero attached hydrogens (tertiary/aromatic N) is 2. The van der Waals surface area contributed by atoms with E-state index in [4.69, 9.17) is 0 Å². The largest absolute Gasteiger partial charge is 0.341 e. The molecule has 4 atom stereocenters. The summed E-state index contributed by atoms with van der Waals surface area (Å²) in [4.78, 5) is 16.1. The van der Waals surface area contributed by atoms with Crippen LogP contribution >= 0.6 is 0 Å². The highest BCUT2D eigenvalue weighted by molar-refractivity contribution is 5.80. The maximum absolute atomic E-state index is 13.8. The number of aromatic nitrogens is 4. The molecule has 0 radical (unpaired) electrons. The average molecular weight is 555 g/mol. The highest BCUT2D eigenvalue weighted by Crippen LogP contribution is 2.55. The molecule has 1 spiro atoms. The van der Waals surface area contributed by atoms with Crippen molar-refractivity contribution >= 4 is 0 Å². The van der Waals surface area contributed by atoms with Gasteiger partial charge < -0.3 is 20.6 Å². The lowest BCUT2D eigenvalue weighted by molar-refractivity contribution is 0.354. The highest BCUT2D eigenvalue weighted by Gasteiger charge is 2.43. The first-order valence-corrected chi connectivity index (χ1v) is 15.2. The molecule has 212 valence electrons. The van der Waals surface area contributed by atoms with Crippen molar-refractivity contribution in [2.75, 3.05) is 13.1 Å². The van der Waals surface area contributed by atoms with Crippen LogP contribution in [0.4, 0.5) is 8.78 Å². The number of aromatic amines is 2. The Hall–Kier alpha value is -3.36. The van der Waals surface area contributed by atoms with Gasteiger partial charge in [-0.15, -0.1) is 0 Å². The Kier molecular flexibility index (Phi) is 6.11. The molecule has 2 saturated heterocycles. The van der Waals surface area contributed by atoms with Gasteiger partial charge in [0, 0.05) is 31.5 Å². The van der Waals surface area contributed by atoms with Crippen molar-refractivity contribution in [3.63, 3.8) is 0 Å². The number of alkyl halides is 2. The third-order valence-electron chi connectivity index (χ3n) is 10.1. The SMILES string of the molecule is F[C@@H]1CN[C@H](c2ncc(-c3ccc(-c4ccc(-c5cnc([C@@H]6C[C@H](F)CN6)[nH]5)c5c4C4(CCCC4)CC5)cc3)[nH]2)C1. The fourth-order valence-corrected chi connectivity index (χ4v) is 7.99. The van der Waals surface area contributed by atoms with Gasteiger partial charge in [-0.05, 0) is 58.9 Å². The molecule has 4 aliphatic rings. The fourth-order valence-electron chi connectivity index (χ4n) is 7.99. The first-order valence-electron chi connectivity index (χ1n) is 15.2. The lowest BCUT2D eigenvalue weighted by atomic mass is 9.76. The minimum atomic E-state index is -0.812. The summed E-state index contributed by atoms with van der Waals surface area (Å²) in [5, 5.41) is 6.46. The second-order valence-corrected chi connectivity index (χ2v) is 12.5. The van der Waals surface area contributed by atoms with Gasteiger partial charge in [0.15, 0.2) is 0 Å². The van der Waals surface area contributed by atoms with Gasteiger partial charge in [-0.1, -0.05) is 49.2 Å². The van der Waals surface area contributed by atoms with Crippen LogP contribution in [-0.2, 0) is 11.8 Å². The smallest absolute Gasteiger partial charge is 0.123 e. The number of hydrogen-bond acceptors (Lipinski definition) is 4. The molecular formula is C33H36F2N6. The Morgan fingerprint density at radius 2 is 1.27 bits per heavy atom. The van der Waals surface area contributed by atoms with Crippen LogP contribution in [0.25, 0.3) is 33.6 Å². The second kappa shape index (κ2) is 9.88. The fraction of sp³-hybridized carbons (Fsp3) is 0.455. The Morgan fingerprint density at radius 1 is 0.683 bits per heavy atom. The summed E-state index contributed by atoms with van der Waals surface area (Å²) in [7, 11) is 0. The van der Waals surface area contributed by atoms with Crippen molar-refractivity contribution in [3.8, 4) is 33.6 Å². The maximum atomic E-state index is 13.8. The van der Waals surface area contributed by atoms with E-state index in [9.17, 15) is 8.78 Å². The predicted molar refractivity (Wildman–Crippen MR) is 156 cm³/mol. The number of hydrogen-bond donors (Lipinski definition) is 4. The molecule has 2 aliphatic carbocycles. The van der Waals surface area contributed by atoms with Crippen molar-refractivity contribution < 1.29 is 8.78 Å². The number of H-pyrrole nitrogens is 2. The molecular weight excluding hydrogens is 518 g/mol. The van der Waals surface area contributed by atoms with E-state index in [0.717, 1.165) is 35.0 Å². The van der Waals surface area contributed by atoms with Crippen LogP contribution in [0.3, 0.4) is 0 Å². The Labute approximate surface area is 238 Å². The summed E-state index contributed by atoms with van der Waals surface area (Å²) in [6, 6.07) is 13.2. The van der Waals surface area contributed by atoms with Gasteiger partial charge in [-0.2, -0.15) is 0 Å². The van der Waals surface area contributed by atoms with Gasteiger partial charge in [0.1, 0.15) is 24.0 Å². The Bertz CT molecular complexity index is 1570. The number of fused-ring (bicyclic) bond motifs is 2. The van der Waals surface area contributed by atoms with Gasteiger partial charge in [-0.25, -0.2) is 18.7 Å². The molecule has 2 aromatic heterocycles. The first-order chi connectivity index (χ1) is 20.1. The van der Waals surface area contributed by atoms with Crippen LogP contribution in [0, 0.1) is 0 Å². The predicted octanol–water partition coefficient (Wildman–Crippen LogP) is 6.64. The molecule has 8 rings (SSSR count). The molecule has 3 fully saturated rings. The number of imidazole rings is 2. The molecule has 6 nitrogen and oxygen atoms in total. The summed E-state index contributed by atoms with van der Waals surface area (Å²) < 4.78 is 27.5. The summed E-state index contributed by atoms with van der Waals surface area (Å²) >= 11 is 0. The van der Waals surface area contributed by atoms with Gasteiger partial charge in [-0.3, -0.25) is 0 Å². The zero-order chi connectivity index (χ0) is 27.6. The molecule has 0 amide bonds. The average Bonchev–Trinajstić information content (AvgIpc) is 3.83. The lowest BCUT2D eigenvalue weighted by Gasteiger charge is -2.28. The van der Waals surface area contributed by atoms with E-state index < -0.39 is 12.3 Å². The molecule has 1 saturated carbocycles. The number of nitrogens with one attached hydrogen (secondary N) is 4. The van der Waals surface area contributed by atoms with E-state index in [2.05, 4.69) is 67.0 Å². The summed E-state index contributed by atoms with van der Waals surface area (Å²) in [6.45, 7) is 0.781. The van der Waals surface area contributed by atoms with Crippen LogP contribution in [-0.4, -0.2) is 45.4 Å². The van der Waals surface area contributed by atoms with Crippen LogP contribution < -0.4 is 10.6 Å². The molecule has 0 unspecified atom stereocenters. The number of benzene rings is 2. The van der Waals surface area contributed by atoms with Crippen molar-refractivity contribution in [1.82, 2.24) is 30.6 Å². The third kappa shape index (κ3) is 4.34. The second-order valence-electron chi connectivity index (χ2n) is 12.5. The molecule has 41 heavy (non-hydrogen) atoms. The Balaban J connectivity index is 1.13. The van der Waals surface area contributed by atoms with Crippen molar-refractivity contribution in [2.45, 2.75) is 81.2 Å². The number of rotatable bonds is 5. The molecule has 4 aromatic rings. The lowest BCUT2D eigenvalue weighted by Crippen LogP contribution is -2.19. The van der Waals surface area contributed by atoms with Crippen LogP contribution in [0.1, 0.15) is 79.8 Å². The van der Waals surface area contributed by atoms with E-state index in [0.29, 0.717) is 25.9 Å². The van der Waals surface area contributed by atoms with E-state index >= 15 is 0 Å². The van der Waals surface area contributed by atoms with E-state index in [1.165, 1.54) is 59.9 Å². The normalized spacial score (nSPS) is 26.8. The van der Waals surface area contributed by atoms with Gasteiger partial charge >= 0.3 is 0 Å². The molecule has 4 heterocycles. The van der Waals surface area contributed by atoms with Gasteiger partial charge in [0.25, 0.3) is 0 Å². The van der Waals surface area contributed by atoms with E-state index in [1.807, 2.05) is 12.4 Å². The highest BCUT2D eigenvalue weighted by atomic mass is 19.1. The zero-order valence-corrected chi connectivity index (χ0v) is 23.1. The van der Waals surface area contributed by atoms with Gasteiger partial charge in [0.2, 0.25) is 0 Å². The topological polar surface area (TPSA) is 81.4 Å². The standard InChI is InChI=1S/C33H36F2N6/c34-21-13-26(36-15-21)31-38-17-28(40-31)20-5-3-19(4-6-20)23-7-8-24(25-9-12-33(30(23)25)10-1-2-11-33)29-18-39-32(41-29)27-14-22(35)16-37-27/h3-8,17-18,21-22,26-27,36-37H,1-2,9-16H2,(H,38,40)(H,39,41)/t21-,22-,26-,27-/m0/s1. The third-order valence-corrected chi connectivity index (χ3v) is 10.1. The minimum Gasteiger partial charge on any atom is -0.341 e. The molecule has 0 bridgehead atoms. The molecule has 2 aliphatic heterocycles. The Morgan fingerprint density at radius 3 is 1.90 bits per heavy atom. The van der Waals surface area contributed by atoms with Crippen molar-refractivity contribution in [1.29, 1.82) is 0 Å². The van der Waals surface area contributed by atoms with Crippen molar-refractivity contribution in [3.05, 3.63) is 71.6 Å².